The van der Waals surface area contributed by atoms with Gasteiger partial charge in [0.25, 0.3) is 5.56 Å². The maximum atomic E-state index is 12.1. The molecule has 1 atom stereocenters. The van der Waals surface area contributed by atoms with Gasteiger partial charge in [-0.05, 0) is 19.4 Å². The molecule has 0 aromatic carbocycles. The molecule has 0 spiro atoms. The molecule has 1 aliphatic rings. The summed E-state index contributed by atoms with van der Waals surface area (Å²) in [5, 5.41) is 0. The number of hydrogen-bond donors (Lipinski definition) is 1. The van der Waals surface area contributed by atoms with E-state index in [-0.39, 0.29) is 5.56 Å². The van der Waals surface area contributed by atoms with Gasteiger partial charge in [-0.15, -0.1) is 0 Å². The first-order valence-corrected chi connectivity index (χ1v) is 7.38. The van der Waals surface area contributed by atoms with Crippen LogP contribution < -0.4 is 16.2 Å². The van der Waals surface area contributed by atoms with E-state index < -0.39 is 0 Å². The molecule has 20 heavy (non-hydrogen) atoms. The smallest absolute Gasteiger partial charge is 0.293 e. The molecule has 2 heterocycles. The third-order valence-corrected chi connectivity index (χ3v) is 4.10. The maximum absolute atomic E-state index is 12.1. The van der Waals surface area contributed by atoms with Gasteiger partial charge in [0.2, 0.25) is 0 Å². The van der Waals surface area contributed by atoms with E-state index in [1.54, 1.807) is 24.0 Å². The number of aromatic nitrogens is 2. The third-order valence-electron chi connectivity index (χ3n) is 4.10. The molecular weight excluding hydrogens is 254 g/mol. The van der Waals surface area contributed by atoms with Gasteiger partial charge in [-0.1, -0.05) is 6.92 Å². The Balaban J connectivity index is 2.00. The molecule has 0 radical (unpaired) electrons. The molecule has 0 bridgehead atoms. The topological polar surface area (TPSA) is 67.4 Å². The Morgan fingerprint density at radius 1 is 1.35 bits per heavy atom. The zero-order chi connectivity index (χ0) is 14.5. The summed E-state index contributed by atoms with van der Waals surface area (Å²) in [6.07, 6.45) is 5.55. The van der Waals surface area contributed by atoms with Gasteiger partial charge in [0.05, 0.1) is 0 Å². The third kappa shape index (κ3) is 3.19. The van der Waals surface area contributed by atoms with Gasteiger partial charge in [0, 0.05) is 51.7 Å². The molecule has 2 N–H and O–H groups in total. The Morgan fingerprint density at radius 2 is 2.05 bits per heavy atom. The molecule has 6 nitrogen and oxygen atoms in total. The molecule has 112 valence electrons. The van der Waals surface area contributed by atoms with Crippen LogP contribution in [0.15, 0.2) is 17.2 Å². The van der Waals surface area contributed by atoms with Crippen molar-refractivity contribution >= 4 is 5.82 Å². The highest BCUT2D eigenvalue weighted by atomic mass is 16.1. The standard InChI is InChI=1S/C14H25N5O/c1-3-12(4-5-15)18-8-10-19(11-9-18)13-14(20)17(2)7-6-16-13/h6-7,12H,3-5,8-11,15H2,1-2H3. The lowest BCUT2D eigenvalue weighted by Crippen LogP contribution is -2.52. The van der Waals surface area contributed by atoms with Gasteiger partial charge in [-0.25, -0.2) is 4.98 Å². The molecule has 1 unspecified atom stereocenters. The first kappa shape index (κ1) is 15.0. The highest BCUT2D eigenvalue weighted by Crippen LogP contribution is 2.14. The van der Waals surface area contributed by atoms with Crippen LogP contribution in [0.25, 0.3) is 0 Å². The van der Waals surface area contributed by atoms with Crippen molar-refractivity contribution < 1.29 is 0 Å². The average Bonchev–Trinajstić information content (AvgIpc) is 2.48. The summed E-state index contributed by atoms with van der Waals surface area (Å²) >= 11 is 0. The SMILES string of the molecule is CCC(CCN)N1CCN(c2nccn(C)c2=O)CC1. The zero-order valence-corrected chi connectivity index (χ0v) is 12.5. The molecule has 1 saturated heterocycles. The number of piperazine rings is 1. The first-order chi connectivity index (χ1) is 9.67. The number of hydrogen-bond acceptors (Lipinski definition) is 5. The Bertz CT molecular complexity index is 479. The van der Waals surface area contributed by atoms with Crippen LogP contribution in [-0.4, -0.2) is 53.2 Å². The highest BCUT2D eigenvalue weighted by Gasteiger charge is 2.24. The molecule has 1 fully saturated rings. The molecule has 1 aromatic heterocycles. The summed E-state index contributed by atoms with van der Waals surface area (Å²) in [6, 6.07) is 0.564. The zero-order valence-electron chi connectivity index (χ0n) is 12.5. The number of nitrogens with zero attached hydrogens (tertiary/aromatic N) is 4. The maximum Gasteiger partial charge on any atom is 0.293 e. The van der Waals surface area contributed by atoms with Crippen LogP contribution in [0.5, 0.6) is 0 Å². The molecule has 2 rings (SSSR count). The van der Waals surface area contributed by atoms with Crippen LogP contribution >= 0.6 is 0 Å². The van der Waals surface area contributed by atoms with E-state index in [4.69, 9.17) is 5.73 Å². The van der Waals surface area contributed by atoms with Gasteiger partial charge < -0.3 is 15.2 Å². The lowest BCUT2D eigenvalue weighted by molar-refractivity contribution is 0.173. The number of nitrogens with two attached hydrogens (primary N) is 1. The summed E-state index contributed by atoms with van der Waals surface area (Å²) in [5.74, 6) is 0.571. The lowest BCUT2D eigenvalue weighted by atomic mass is 10.1. The van der Waals surface area contributed by atoms with Crippen molar-refractivity contribution in [3.63, 3.8) is 0 Å². The lowest BCUT2D eigenvalue weighted by Gasteiger charge is -2.39. The van der Waals surface area contributed by atoms with Crippen LogP contribution in [0, 0.1) is 0 Å². The van der Waals surface area contributed by atoms with Crippen molar-refractivity contribution in [3.05, 3.63) is 22.7 Å². The van der Waals surface area contributed by atoms with Crippen molar-refractivity contribution in [3.8, 4) is 0 Å². The Kier molecular flexibility index (Phi) is 5.14. The second kappa shape index (κ2) is 6.85. The van der Waals surface area contributed by atoms with Crippen LogP contribution in [0.2, 0.25) is 0 Å². The van der Waals surface area contributed by atoms with Crippen LogP contribution in [-0.2, 0) is 7.05 Å². The van der Waals surface area contributed by atoms with Gasteiger partial charge in [-0.3, -0.25) is 9.69 Å². The molecule has 0 saturated carbocycles. The molecule has 0 amide bonds. The van der Waals surface area contributed by atoms with E-state index in [0.717, 1.165) is 45.6 Å². The van der Waals surface area contributed by atoms with Crippen LogP contribution in [0.4, 0.5) is 5.82 Å². The van der Waals surface area contributed by atoms with Crippen molar-refractivity contribution in [2.75, 3.05) is 37.6 Å². The second-order valence-corrected chi connectivity index (χ2v) is 5.33. The summed E-state index contributed by atoms with van der Waals surface area (Å²) in [7, 11) is 1.76. The van der Waals surface area contributed by atoms with Crippen molar-refractivity contribution in [1.29, 1.82) is 0 Å². The normalized spacial score (nSPS) is 18.2. The minimum absolute atomic E-state index is 0.0186. The second-order valence-electron chi connectivity index (χ2n) is 5.33. The molecule has 1 aliphatic heterocycles. The Hall–Kier alpha value is -1.40. The average molecular weight is 279 g/mol. The van der Waals surface area contributed by atoms with E-state index in [1.807, 2.05) is 0 Å². The monoisotopic (exact) mass is 279 g/mol. The van der Waals surface area contributed by atoms with E-state index in [0.29, 0.717) is 11.9 Å². The predicted molar refractivity (Wildman–Crippen MR) is 81.0 cm³/mol. The summed E-state index contributed by atoms with van der Waals surface area (Å²) < 4.78 is 1.58. The molecule has 6 heteroatoms. The fourth-order valence-electron chi connectivity index (χ4n) is 2.84. The number of aryl methyl sites for hydroxylation is 1. The van der Waals surface area contributed by atoms with Gasteiger partial charge >= 0.3 is 0 Å². The first-order valence-electron chi connectivity index (χ1n) is 7.38. The van der Waals surface area contributed by atoms with Gasteiger partial charge in [-0.2, -0.15) is 0 Å². The van der Waals surface area contributed by atoms with E-state index >= 15 is 0 Å². The summed E-state index contributed by atoms with van der Waals surface area (Å²) in [6.45, 7) is 6.60. The minimum atomic E-state index is -0.0186. The Morgan fingerprint density at radius 3 is 2.65 bits per heavy atom. The van der Waals surface area contributed by atoms with Crippen LogP contribution in [0.1, 0.15) is 19.8 Å². The fourth-order valence-corrected chi connectivity index (χ4v) is 2.84. The van der Waals surface area contributed by atoms with Crippen molar-refractivity contribution in [1.82, 2.24) is 14.5 Å². The van der Waals surface area contributed by atoms with Crippen molar-refractivity contribution in [2.45, 2.75) is 25.8 Å². The predicted octanol–water partition coefficient (Wildman–Crippen LogP) is 0.0297. The highest BCUT2D eigenvalue weighted by molar-refractivity contribution is 5.36. The summed E-state index contributed by atoms with van der Waals surface area (Å²) in [4.78, 5) is 20.9. The Labute approximate surface area is 120 Å². The molecule has 0 aliphatic carbocycles. The fraction of sp³-hybridized carbons (Fsp3) is 0.714. The number of rotatable bonds is 5. The molecular formula is C14H25N5O. The molecule has 1 aromatic rings. The quantitative estimate of drug-likeness (QED) is 0.823. The van der Waals surface area contributed by atoms with Crippen LogP contribution in [0.3, 0.4) is 0 Å². The largest absolute Gasteiger partial charge is 0.349 e. The van der Waals surface area contributed by atoms with E-state index in [2.05, 4.69) is 21.7 Å². The van der Waals surface area contributed by atoms with E-state index in [9.17, 15) is 4.79 Å². The van der Waals surface area contributed by atoms with Gasteiger partial charge in [0.1, 0.15) is 0 Å². The van der Waals surface area contributed by atoms with Crippen molar-refractivity contribution in [2.24, 2.45) is 12.8 Å². The summed E-state index contributed by atoms with van der Waals surface area (Å²) in [5.41, 5.74) is 5.66. The van der Waals surface area contributed by atoms with E-state index in [1.165, 1.54) is 0 Å². The minimum Gasteiger partial charge on any atom is -0.349 e. The van der Waals surface area contributed by atoms with Gasteiger partial charge in [0.15, 0.2) is 5.82 Å². The number of anilines is 1.